The molecule has 2 aromatic rings. The maximum Gasteiger partial charge on any atom is 0.225 e. The summed E-state index contributed by atoms with van der Waals surface area (Å²) in [6, 6.07) is 11.9. The highest BCUT2D eigenvalue weighted by atomic mass is 16.5. The van der Waals surface area contributed by atoms with E-state index < -0.39 is 0 Å². The van der Waals surface area contributed by atoms with E-state index in [2.05, 4.69) is 29.6 Å². The zero-order chi connectivity index (χ0) is 17.3. The molecular weight excluding hydrogens is 304 g/mol. The Bertz CT molecular complexity index is 754. The number of nitrogens with one attached hydrogen (secondary N) is 1. The maximum absolute atomic E-state index is 12.1. The van der Waals surface area contributed by atoms with Crippen LogP contribution in [0, 0.1) is 0 Å². The Labute approximate surface area is 141 Å². The molecular formula is C19H22N2O3. The predicted octanol–water partition coefficient (Wildman–Crippen LogP) is 2.73. The summed E-state index contributed by atoms with van der Waals surface area (Å²) in [6.07, 6.45) is 0.394. The molecule has 0 aromatic heterocycles. The summed E-state index contributed by atoms with van der Waals surface area (Å²) >= 11 is 0. The Hall–Kier alpha value is -2.53. The molecule has 0 saturated heterocycles. The van der Waals surface area contributed by atoms with Crippen molar-refractivity contribution in [3.63, 3.8) is 0 Å². The quantitative estimate of drug-likeness (QED) is 0.907. The van der Waals surface area contributed by atoms with Gasteiger partial charge in [-0.25, -0.2) is 0 Å². The van der Waals surface area contributed by atoms with Crippen molar-refractivity contribution < 1.29 is 14.6 Å². The molecule has 24 heavy (non-hydrogen) atoms. The van der Waals surface area contributed by atoms with Crippen LogP contribution in [0.25, 0.3) is 0 Å². The minimum absolute atomic E-state index is 0.0111. The monoisotopic (exact) mass is 326 g/mol. The number of ether oxygens (including phenoxy) is 1. The lowest BCUT2D eigenvalue weighted by Crippen LogP contribution is -2.24. The van der Waals surface area contributed by atoms with Crippen LogP contribution >= 0.6 is 0 Å². The lowest BCUT2D eigenvalue weighted by molar-refractivity contribution is -0.116. The molecule has 0 fully saturated rings. The number of fused-ring (bicyclic) bond motifs is 1. The van der Waals surface area contributed by atoms with Gasteiger partial charge in [0.1, 0.15) is 5.75 Å². The van der Waals surface area contributed by atoms with E-state index in [0.29, 0.717) is 12.2 Å². The number of methoxy groups -OCH3 is 1. The molecule has 1 unspecified atom stereocenters. The van der Waals surface area contributed by atoms with Crippen LogP contribution in [0.15, 0.2) is 36.4 Å². The van der Waals surface area contributed by atoms with Crippen molar-refractivity contribution in [3.05, 3.63) is 53.1 Å². The first-order valence-electron chi connectivity index (χ1n) is 7.92. The van der Waals surface area contributed by atoms with E-state index in [1.54, 1.807) is 13.2 Å². The van der Waals surface area contributed by atoms with Crippen LogP contribution in [0.4, 0.5) is 11.4 Å². The van der Waals surface area contributed by atoms with E-state index >= 15 is 0 Å². The summed E-state index contributed by atoms with van der Waals surface area (Å²) < 4.78 is 5.30. The molecule has 1 amide bonds. The van der Waals surface area contributed by atoms with E-state index in [-0.39, 0.29) is 18.4 Å². The first kappa shape index (κ1) is 16.3. The summed E-state index contributed by atoms with van der Waals surface area (Å²) in [5, 5.41) is 12.5. The summed E-state index contributed by atoms with van der Waals surface area (Å²) in [7, 11) is 5.55. The second-order valence-corrected chi connectivity index (χ2v) is 6.20. The number of aliphatic hydroxyl groups excluding tert-OH is 1. The van der Waals surface area contributed by atoms with Crippen molar-refractivity contribution in [1.29, 1.82) is 0 Å². The van der Waals surface area contributed by atoms with E-state index in [9.17, 15) is 9.90 Å². The van der Waals surface area contributed by atoms with Gasteiger partial charge in [0.25, 0.3) is 0 Å². The number of nitrogens with zero attached hydrogens (tertiary/aromatic N) is 1. The second-order valence-electron chi connectivity index (χ2n) is 6.20. The van der Waals surface area contributed by atoms with Gasteiger partial charge in [-0.3, -0.25) is 4.79 Å². The highest BCUT2D eigenvalue weighted by molar-refractivity contribution is 5.95. The van der Waals surface area contributed by atoms with Crippen molar-refractivity contribution in [1.82, 2.24) is 0 Å². The van der Waals surface area contributed by atoms with Crippen LogP contribution in [0.2, 0.25) is 0 Å². The molecule has 0 saturated carbocycles. The summed E-state index contributed by atoms with van der Waals surface area (Å²) in [5.74, 6) is 0.546. The third kappa shape index (κ3) is 2.95. The van der Waals surface area contributed by atoms with Gasteiger partial charge in [-0.2, -0.15) is 0 Å². The number of hydrogen-bond donors (Lipinski definition) is 2. The molecule has 0 bridgehead atoms. The van der Waals surface area contributed by atoms with Crippen LogP contribution in [0.5, 0.6) is 5.75 Å². The standard InChI is InChI=1S/C19H22N2O3/c1-21(2)14-6-4-12(5-7-14)15-9-19(23)20-17-10-18(24-3)13(11-22)8-16(15)17/h4-8,10,15,22H,9,11H2,1-3H3,(H,20,23). The number of carbonyl (C=O) groups is 1. The Morgan fingerprint density at radius 3 is 2.54 bits per heavy atom. The molecule has 1 heterocycles. The average Bonchev–Trinajstić information content (AvgIpc) is 2.59. The smallest absolute Gasteiger partial charge is 0.225 e. The predicted molar refractivity (Wildman–Crippen MR) is 94.8 cm³/mol. The highest BCUT2D eigenvalue weighted by Gasteiger charge is 2.28. The van der Waals surface area contributed by atoms with E-state index in [1.807, 2.05) is 25.1 Å². The zero-order valence-electron chi connectivity index (χ0n) is 14.2. The molecule has 0 aliphatic carbocycles. The molecule has 1 aliphatic heterocycles. The molecule has 0 spiro atoms. The lowest BCUT2D eigenvalue weighted by Gasteiger charge is -2.27. The molecule has 5 heteroatoms. The van der Waals surface area contributed by atoms with Crippen LogP contribution in [0.3, 0.4) is 0 Å². The number of aliphatic hydroxyl groups is 1. The van der Waals surface area contributed by atoms with Gasteiger partial charge in [-0.05, 0) is 29.3 Å². The molecule has 0 radical (unpaired) electrons. The van der Waals surface area contributed by atoms with Crippen molar-refractivity contribution in [2.24, 2.45) is 0 Å². The maximum atomic E-state index is 12.1. The Kier molecular flexibility index (Phi) is 4.44. The summed E-state index contributed by atoms with van der Waals surface area (Å²) in [5.41, 5.74) is 4.69. The highest BCUT2D eigenvalue weighted by Crippen LogP contribution is 2.40. The molecule has 1 atom stereocenters. The SMILES string of the molecule is COc1cc2c(cc1CO)C(c1ccc(N(C)C)cc1)CC(=O)N2. The molecule has 2 aromatic carbocycles. The third-order valence-corrected chi connectivity index (χ3v) is 4.47. The number of anilines is 2. The first-order chi connectivity index (χ1) is 11.5. The van der Waals surface area contributed by atoms with Crippen LogP contribution < -0.4 is 15.0 Å². The number of benzene rings is 2. The minimum atomic E-state index is -0.101. The number of amides is 1. The van der Waals surface area contributed by atoms with Gasteiger partial charge >= 0.3 is 0 Å². The Morgan fingerprint density at radius 1 is 1.25 bits per heavy atom. The fourth-order valence-electron chi connectivity index (χ4n) is 3.15. The molecule has 1 aliphatic rings. The molecule has 3 rings (SSSR count). The summed E-state index contributed by atoms with van der Waals surface area (Å²) in [6.45, 7) is -0.101. The van der Waals surface area contributed by atoms with Gasteiger partial charge in [0.2, 0.25) is 5.91 Å². The van der Waals surface area contributed by atoms with Crippen LogP contribution in [-0.2, 0) is 11.4 Å². The van der Waals surface area contributed by atoms with Crippen LogP contribution in [-0.4, -0.2) is 32.2 Å². The van der Waals surface area contributed by atoms with Crippen molar-refractivity contribution in [2.75, 3.05) is 31.4 Å². The fraction of sp³-hybridized carbons (Fsp3) is 0.316. The number of rotatable bonds is 4. The number of hydrogen-bond acceptors (Lipinski definition) is 4. The summed E-state index contributed by atoms with van der Waals surface area (Å²) in [4.78, 5) is 14.2. The van der Waals surface area contributed by atoms with E-state index in [4.69, 9.17) is 4.74 Å². The first-order valence-corrected chi connectivity index (χ1v) is 7.92. The lowest BCUT2D eigenvalue weighted by atomic mass is 9.84. The van der Waals surface area contributed by atoms with Crippen molar-refractivity contribution in [3.8, 4) is 5.75 Å². The van der Waals surface area contributed by atoms with Crippen molar-refractivity contribution >= 4 is 17.3 Å². The molecule has 5 nitrogen and oxygen atoms in total. The Morgan fingerprint density at radius 2 is 1.96 bits per heavy atom. The topological polar surface area (TPSA) is 61.8 Å². The van der Waals surface area contributed by atoms with Crippen LogP contribution in [0.1, 0.15) is 29.0 Å². The number of carbonyl (C=O) groups excluding carboxylic acids is 1. The van der Waals surface area contributed by atoms with Gasteiger partial charge in [-0.1, -0.05) is 12.1 Å². The fourth-order valence-corrected chi connectivity index (χ4v) is 3.15. The van der Waals surface area contributed by atoms with Gasteiger partial charge in [0.05, 0.1) is 13.7 Å². The van der Waals surface area contributed by atoms with E-state index in [1.165, 1.54) is 0 Å². The van der Waals surface area contributed by atoms with Gasteiger partial charge in [0.15, 0.2) is 0 Å². The molecule has 126 valence electrons. The Balaban J connectivity index is 2.06. The molecule has 2 N–H and O–H groups in total. The van der Waals surface area contributed by atoms with E-state index in [0.717, 1.165) is 28.1 Å². The van der Waals surface area contributed by atoms with Gasteiger partial charge in [-0.15, -0.1) is 0 Å². The normalized spacial score (nSPS) is 16.3. The largest absolute Gasteiger partial charge is 0.496 e. The average molecular weight is 326 g/mol. The minimum Gasteiger partial charge on any atom is -0.496 e. The van der Waals surface area contributed by atoms with Gasteiger partial charge in [0, 0.05) is 49.4 Å². The second kappa shape index (κ2) is 6.53. The third-order valence-electron chi connectivity index (χ3n) is 4.47. The zero-order valence-corrected chi connectivity index (χ0v) is 14.2. The van der Waals surface area contributed by atoms with Crippen molar-refractivity contribution in [2.45, 2.75) is 18.9 Å². The van der Waals surface area contributed by atoms with Gasteiger partial charge < -0.3 is 20.1 Å².